The van der Waals surface area contributed by atoms with Gasteiger partial charge in [-0.05, 0) is 134 Å². The third-order valence-electron chi connectivity index (χ3n) is 15.8. The van der Waals surface area contributed by atoms with Gasteiger partial charge in [0, 0.05) is 32.9 Å². The Morgan fingerprint density at radius 1 is 0.368 bits per heavy atom. The van der Waals surface area contributed by atoms with Crippen LogP contribution in [0.3, 0.4) is 0 Å². The highest BCUT2D eigenvalue weighted by molar-refractivity contribution is 7.00. The number of benzene rings is 8. The number of hydrogen-bond acceptors (Lipinski definition) is 4. The molecule has 13 rings (SSSR count). The van der Waals surface area contributed by atoms with Crippen molar-refractivity contribution in [3.63, 3.8) is 0 Å². The summed E-state index contributed by atoms with van der Waals surface area (Å²) < 4.78 is 13.9. The summed E-state index contributed by atoms with van der Waals surface area (Å²) in [7, 11) is 0. The smallest absolute Gasteiger partial charge is 0.247 e. The first-order valence-electron chi connectivity index (χ1n) is 24.5. The van der Waals surface area contributed by atoms with Crippen molar-refractivity contribution in [2.45, 2.75) is 93.9 Å². The number of fused-ring (bicyclic) bond motifs is 12. The van der Waals surface area contributed by atoms with Crippen molar-refractivity contribution in [3.8, 4) is 0 Å². The summed E-state index contributed by atoms with van der Waals surface area (Å²) in [5, 5.41) is 4.57. The third-order valence-corrected chi connectivity index (χ3v) is 15.8. The first-order valence-corrected chi connectivity index (χ1v) is 24.5. The number of anilines is 6. The number of furan rings is 2. The minimum atomic E-state index is -0.0311. The largest absolute Gasteiger partial charge is 0.456 e. The van der Waals surface area contributed by atoms with Crippen LogP contribution in [0.5, 0.6) is 0 Å². The first-order chi connectivity index (χ1) is 32.4. The second-order valence-electron chi connectivity index (χ2n) is 22.5. The summed E-state index contributed by atoms with van der Waals surface area (Å²) in [6, 6.07) is 46.8. The van der Waals surface area contributed by atoms with E-state index in [0.29, 0.717) is 0 Å². The average molecular weight is 883 g/mol. The molecule has 6 heteroatoms. The Balaban J connectivity index is 1.15. The average Bonchev–Trinajstić information content (AvgIpc) is 3.82. The molecule has 0 radical (unpaired) electrons. The Kier molecular flexibility index (Phi) is 8.41. The Morgan fingerprint density at radius 2 is 0.735 bits per heavy atom. The van der Waals surface area contributed by atoms with Crippen LogP contribution >= 0.6 is 0 Å². The molecule has 10 aromatic rings. The quantitative estimate of drug-likeness (QED) is 0.162. The van der Waals surface area contributed by atoms with Crippen LogP contribution in [-0.2, 0) is 10.8 Å². The molecule has 0 bridgehead atoms. The second kappa shape index (κ2) is 13.8. The van der Waals surface area contributed by atoms with Gasteiger partial charge in [0.15, 0.2) is 0 Å². The lowest BCUT2D eigenvalue weighted by Gasteiger charge is -2.49. The van der Waals surface area contributed by atoms with Gasteiger partial charge in [0.05, 0.1) is 22.7 Å². The maximum absolute atomic E-state index is 6.93. The fourth-order valence-electron chi connectivity index (χ4n) is 12.8. The second-order valence-corrected chi connectivity index (χ2v) is 22.5. The summed E-state index contributed by atoms with van der Waals surface area (Å²) in [4.78, 5) is 5.23. The standard InChI is InChI=1S/C62H56B2N2O2/c1-33-23-35(3)57(36(4)24-33)63-45-15-13-17-49-59(45)65(51-29-43-41-21-19-39(61(7,8)9)27-53(41)67-55(43)31-47(51)63)50-18-14-16-46-60(50)66(49)52-30-44-42-22-20-40(62(10,11)12)28-54(42)68-56(44)32-48(52)64(46)58-37(5)25-34(2)26-38(58)6/h13-32H,1-12H3. The highest BCUT2D eigenvalue weighted by atomic mass is 16.3. The van der Waals surface area contributed by atoms with Gasteiger partial charge in [-0.15, -0.1) is 0 Å². The van der Waals surface area contributed by atoms with Crippen LogP contribution < -0.4 is 42.6 Å². The fraction of sp³-hybridized carbons (Fsp3) is 0.226. The van der Waals surface area contributed by atoms with Crippen molar-refractivity contribution in [1.82, 2.24) is 0 Å². The normalized spacial score (nSPS) is 14.1. The van der Waals surface area contributed by atoms with E-state index in [4.69, 9.17) is 8.83 Å². The van der Waals surface area contributed by atoms with Crippen LogP contribution in [0.15, 0.2) is 130 Å². The molecular formula is C62H56B2N2O2. The van der Waals surface area contributed by atoms with Crippen molar-refractivity contribution in [3.05, 3.63) is 166 Å². The van der Waals surface area contributed by atoms with Crippen LogP contribution in [0.1, 0.15) is 86.1 Å². The van der Waals surface area contributed by atoms with Gasteiger partial charge in [-0.2, -0.15) is 0 Å². The molecule has 0 aliphatic carbocycles. The zero-order valence-corrected chi connectivity index (χ0v) is 41.4. The van der Waals surface area contributed by atoms with Crippen LogP contribution in [0.2, 0.25) is 0 Å². The molecule has 68 heavy (non-hydrogen) atoms. The molecule has 3 aliphatic heterocycles. The van der Waals surface area contributed by atoms with Gasteiger partial charge in [-0.3, -0.25) is 0 Å². The maximum atomic E-state index is 6.93. The molecule has 5 heterocycles. The molecule has 0 unspecified atom stereocenters. The van der Waals surface area contributed by atoms with E-state index in [-0.39, 0.29) is 24.3 Å². The number of hydrogen-bond donors (Lipinski definition) is 0. The zero-order valence-electron chi connectivity index (χ0n) is 41.4. The third kappa shape index (κ3) is 5.70. The molecule has 332 valence electrons. The van der Waals surface area contributed by atoms with Gasteiger partial charge >= 0.3 is 0 Å². The fourth-order valence-corrected chi connectivity index (χ4v) is 12.8. The van der Waals surface area contributed by atoms with Crippen LogP contribution in [0.4, 0.5) is 34.1 Å². The molecule has 2 aromatic heterocycles. The summed E-state index contributed by atoms with van der Waals surface area (Å²) >= 11 is 0. The molecule has 0 saturated carbocycles. The summed E-state index contributed by atoms with van der Waals surface area (Å²) in [5.41, 5.74) is 29.1. The van der Waals surface area contributed by atoms with Gasteiger partial charge in [0.25, 0.3) is 0 Å². The topological polar surface area (TPSA) is 32.8 Å². The lowest BCUT2D eigenvalue weighted by molar-refractivity contribution is 0.587. The molecular weight excluding hydrogens is 826 g/mol. The van der Waals surface area contributed by atoms with Gasteiger partial charge in [-0.1, -0.05) is 159 Å². The van der Waals surface area contributed by atoms with Crippen molar-refractivity contribution < 1.29 is 8.83 Å². The highest BCUT2D eigenvalue weighted by Gasteiger charge is 2.47. The number of para-hydroxylation sites is 2. The Morgan fingerprint density at radius 3 is 1.10 bits per heavy atom. The highest BCUT2D eigenvalue weighted by Crippen LogP contribution is 2.56. The lowest BCUT2D eigenvalue weighted by atomic mass is 9.33. The van der Waals surface area contributed by atoms with E-state index in [2.05, 4.69) is 214 Å². The Bertz CT molecular complexity index is 3580. The van der Waals surface area contributed by atoms with Crippen molar-refractivity contribution >= 4 is 124 Å². The maximum Gasteiger partial charge on any atom is 0.247 e. The van der Waals surface area contributed by atoms with Gasteiger partial charge in [-0.25, -0.2) is 0 Å². The van der Waals surface area contributed by atoms with E-state index in [0.717, 1.165) is 43.9 Å². The van der Waals surface area contributed by atoms with E-state index < -0.39 is 0 Å². The summed E-state index contributed by atoms with van der Waals surface area (Å²) in [6.45, 7) is 27.2. The van der Waals surface area contributed by atoms with Crippen LogP contribution in [0, 0.1) is 41.5 Å². The van der Waals surface area contributed by atoms with Gasteiger partial charge < -0.3 is 18.6 Å². The Labute approximate surface area is 400 Å². The minimum absolute atomic E-state index is 0.000522. The van der Waals surface area contributed by atoms with E-state index >= 15 is 0 Å². The molecule has 4 nitrogen and oxygen atoms in total. The predicted octanol–water partition coefficient (Wildman–Crippen LogP) is 12.8. The SMILES string of the molecule is Cc1cc(C)c(B2c3cc4oc5cc(C(C)(C)C)ccc5c4cc3N3c4cccc5c4N(c4cc6c(cc4B5c4c(C)cc(C)cc4C)oc4cc(C(C)(C)C)ccc46)c4cccc2c43)c(C)c1. The molecule has 8 aromatic carbocycles. The van der Waals surface area contributed by atoms with E-state index in [1.54, 1.807) is 0 Å². The molecule has 0 atom stereocenters. The van der Waals surface area contributed by atoms with Crippen molar-refractivity contribution in [1.29, 1.82) is 0 Å². The van der Waals surface area contributed by atoms with Gasteiger partial charge in [0.2, 0.25) is 13.4 Å². The monoisotopic (exact) mass is 882 g/mol. The van der Waals surface area contributed by atoms with Gasteiger partial charge in [0.1, 0.15) is 22.3 Å². The van der Waals surface area contributed by atoms with Crippen molar-refractivity contribution in [2.24, 2.45) is 0 Å². The molecule has 3 aliphatic rings. The Hall–Kier alpha value is -6.91. The molecule has 0 amide bonds. The minimum Gasteiger partial charge on any atom is -0.456 e. The number of rotatable bonds is 2. The van der Waals surface area contributed by atoms with Crippen molar-refractivity contribution in [2.75, 3.05) is 9.80 Å². The van der Waals surface area contributed by atoms with Crippen LogP contribution in [0.25, 0.3) is 43.9 Å². The van der Waals surface area contributed by atoms with E-state index in [1.807, 2.05) is 0 Å². The van der Waals surface area contributed by atoms with E-state index in [9.17, 15) is 0 Å². The molecule has 0 saturated heterocycles. The van der Waals surface area contributed by atoms with E-state index in [1.165, 1.54) is 111 Å². The number of nitrogens with zero attached hydrogens (tertiary/aromatic N) is 2. The summed E-state index contributed by atoms with van der Waals surface area (Å²) in [5.74, 6) is 0. The molecule has 0 fully saturated rings. The number of aryl methyl sites for hydroxylation is 6. The zero-order chi connectivity index (χ0) is 47.0. The summed E-state index contributed by atoms with van der Waals surface area (Å²) in [6.07, 6.45) is 0. The predicted molar refractivity (Wildman–Crippen MR) is 292 cm³/mol. The lowest BCUT2D eigenvalue weighted by Crippen LogP contribution is -2.61. The van der Waals surface area contributed by atoms with Crippen LogP contribution in [-0.4, -0.2) is 13.4 Å². The molecule has 0 N–H and O–H groups in total. The first kappa shape index (κ1) is 41.3. The molecule has 0 spiro atoms.